The zero-order chi connectivity index (χ0) is 12.3. The van der Waals surface area contributed by atoms with E-state index in [9.17, 15) is 0 Å². The summed E-state index contributed by atoms with van der Waals surface area (Å²) in [6.45, 7) is 0. The lowest BCUT2D eigenvalue weighted by Gasteiger charge is -2.15. The van der Waals surface area contributed by atoms with Gasteiger partial charge in [-0.05, 0) is 25.2 Å². The lowest BCUT2D eigenvalue weighted by Crippen LogP contribution is -2.19. The number of rotatable bonds is 4. The molecule has 0 spiro atoms. The smallest absolute Gasteiger partial charge is 0.0992 e. The first-order valence-corrected chi connectivity index (χ1v) is 6.80. The lowest BCUT2D eigenvalue weighted by atomic mass is 10.1. The van der Waals surface area contributed by atoms with Gasteiger partial charge in [0.05, 0.1) is 8.67 Å². The van der Waals surface area contributed by atoms with Crippen molar-refractivity contribution in [1.82, 2.24) is 10.3 Å². The van der Waals surface area contributed by atoms with Crippen molar-refractivity contribution in [2.75, 3.05) is 7.05 Å². The Morgan fingerprint density at radius 2 is 2.24 bits per heavy atom. The van der Waals surface area contributed by atoms with Crippen molar-refractivity contribution in [1.29, 1.82) is 0 Å². The third-order valence-corrected chi connectivity index (χ3v) is 4.06. The molecule has 2 rings (SSSR count). The molecule has 0 aromatic carbocycles. The molecular formula is C12H12Cl2N2S. The van der Waals surface area contributed by atoms with Gasteiger partial charge in [0, 0.05) is 29.9 Å². The maximum atomic E-state index is 6.16. The average Bonchev–Trinajstić information content (AvgIpc) is 2.67. The van der Waals surface area contributed by atoms with Crippen LogP contribution in [0.15, 0.2) is 30.5 Å². The minimum Gasteiger partial charge on any atom is -0.313 e. The van der Waals surface area contributed by atoms with Crippen LogP contribution >= 0.6 is 34.5 Å². The summed E-state index contributed by atoms with van der Waals surface area (Å²) in [5.41, 5.74) is 2.07. The van der Waals surface area contributed by atoms with Gasteiger partial charge in [-0.3, -0.25) is 4.98 Å². The van der Waals surface area contributed by atoms with Crippen molar-refractivity contribution in [2.24, 2.45) is 0 Å². The Morgan fingerprint density at radius 3 is 2.76 bits per heavy atom. The Kier molecular flexibility index (Phi) is 4.40. The van der Waals surface area contributed by atoms with Crippen LogP contribution in [-0.2, 0) is 6.42 Å². The van der Waals surface area contributed by atoms with Gasteiger partial charge < -0.3 is 5.32 Å². The van der Waals surface area contributed by atoms with Crippen molar-refractivity contribution in [3.8, 4) is 0 Å². The van der Waals surface area contributed by atoms with Crippen molar-refractivity contribution in [2.45, 2.75) is 12.5 Å². The van der Waals surface area contributed by atoms with Crippen LogP contribution in [0.2, 0.25) is 8.67 Å². The minimum absolute atomic E-state index is 0.140. The van der Waals surface area contributed by atoms with Crippen molar-refractivity contribution < 1.29 is 0 Å². The molecule has 0 aliphatic carbocycles. The van der Waals surface area contributed by atoms with Gasteiger partial charge in [0.1, 0.15) is 0 Å². The van der Waals surface area contributed by atoms with E-state index in [1.54, 1.807) is 6.20 Å². The van der Waals surface area contributed by atoms with E-state index >= 15 is 0 Å². The third-order valence-electron chi connectivity index (χ3n) is 2.55. The Hall–Kier alpha value is -0.610. The van der Waals surface area contributed by atoms with E-state index in [0.29, 0.717) is 4.34 Å². The van der Waals surface area contributed by atoms with Crippen LogP contribution in [0.5, 0.6) is 0 Å². The highest BCUT2D eigenvalue weighted by molar-refractivity contribution is 7.20. The molecule has 2 nitrogen and oxygen atoms in total. The maximum Gasteiger partial charge on any atom is 0.0992 e. The second kappa shape index (κ2) is 5.83. The summed E-state index contributed by atoms with van der Waals surface area (Å²) < 4.78 is 1.46. The zero-order valence-corrected chi connectivity index (χ0v) is 11.6. The van der Waals surface area contributed by atoms with Crippen LogP contribution in [0.25, 0.3) is 0 Å². The first-order valence-electron chi connectivity index (χ1n) is 5.22. The molecule has 0 radical (unpaired) electrons. The van der Waals surface area contributed by atoms with Crippen molar-refractivity contribution in [3.63, 3.8) is 0 Å². The zero-order valence-electron chi connectivity index (χ0n) is 9.28. The molecule has 5 heteroatoms. The molecule has 0 aliphatic heterocycles. The second-order valence-electron chi connectivity index (χ2n) is 3.65. The lowest BCUT2D eigenvalue weighted by molar-refractivity contribution is 0.586. The topological polar surface area (TPSA) is 24.9 Å². The van der Waals surface area contributed by atoms with Crippen LogP contribution < -0.4 is 5.32 Å². The Morgan fingerprint density at radius 1 is 1.41 bits per heavy atom. The van der Waals surface area contributed by atoms with Crippen LogP contribution in [0, 0.1) is 0 Å². The average molecular weight is 287 g/mol. The monoisotopic (exact) mass is 286 g/mol. The quantitative estimate of drug-likeness (QED) is 0.921. The molecule has 2 heterocycles. The molecule has 1 N–H and O–H groups in total. The van der Waals surface area contributed by atoms with Crippen molar-refractivity contribution in [3.05, 3.63) is 50.4 Å². The molecule has 2 aromatic heterocycles. The molecule has 1 unspecified atom stereocenters. The van der Waals surface area contributed by atoms with Gasteiger partial charge >= 0.3 is 0 Å². The van der Waals surface area contributed by atoms with Crippen molar-refractivity contribution >= 4 is 34.5 Å². The summed E-state index contributed by atoms with van der Waals surface area (Å²) in [6, 6.07) is 7.95. The summed E-state index contributed by atoms with van der Waals surface area (Å²) in [7, 11) is 1.91. The fraction of sp³-hybridized carbons (Fsp3) is 0.250. The third kappa shape index (κ3) is 3.19. The van der Waals surface area contributed by atoms with E-state index in [-0.39, 0.29) is 6.04 Å². The SMILES string of the molecule is CNC(Cc1ccccn1)c1cc(Cl)sc1Cl. The van der Waals surface area contributed by atoms with Gasteiger partial charge in [0.2, 0.25) is 0 Å². The van der Waals surface area contributed by atoms with Gasteiger partial charge in [0.15, 0.2) is 0 Å². The number of likely N-dealkylation sites (N-methyl/N-ethyl adjacent to an activating group) is 1. The number of aromatic nitrogens is 1. The molecule has 0 saturated carbocycles. The van der Waals surface area contributed by atoms with Gasteiger partial charge in [0.25, 0.3) is 0 Å². The summed E-state index contributed by atoms with van der Waals surface area (Å²) in [5.74, 6) is 0. The minimum atomic E-state index is 0.140. The van der Waals surface area contributed by atoms with E-state index in [2.05, 4.69) is 10.3 Å². The number of hydrogen-bond donors (Lipinski definition) is 1. The number of nitrogens with one attached hydrogen (secondary N) is 1. The van der Waals surface area contributed by atoms with Crippen LogP contribution in [0.1, 0.15) is 17.3 Å². The highest BCUT2D eigenvalue weighted by atomic mass is 35.5. The van der Waals surface area contributed by atoms with Gasteiger partial charge in [-0.15, -0.1) is 11.3 Å². The normalized spacial score (nSPS) is 12.6. The Balaban J connectivity index is 2.20. The number of halogens is 2. The highest BCUT2D eigenvalue weighted by Gasteiger charge is 2.16. The fourth-order valence-electron chi connectivity index (χ4n) is 1.69. The van der Waals surface area contributed by atoms with Crippen LogP contribution in [-0.4, -0.2) is 12.0 Å². The molecule has 0 fully saturated rings. The fourth-order valence-corrected chi connectivity index (χ4v) is 3.27. The number of nitrogens with zero attached hydrogens (tertiary/aromatic N) is 1. The highest BCUT2D eigenvalue weighted by Crippen LogP contribution is 2.35. The Labute approximate surface area is 115 Å². The predicted molar refractivity (Wildman–Crippen MR) is 74.1 cm³/mol. The summed E-state index contributed by atoms with van der Waals surface area (Å²) in [5, 5.41) is 3.24. The van der Waals surface area contributed by atoms with E-state index in [1.165, 1.54) is 11.3 Å². The van der Waals surface area contributed by atoms with Gasteiger partial charge in [-0.2, -0.15) is 0 Å². The first kappa shape index (κ1) is 12.8. The predicted octanol–water partition coefficient (Wildman–Crippen LogP) is 3.95. The summed E-state index contributed by atoms with van der Waals surface area (Å²) >= 11 is 13.5. The second-order valence-corrected chi connectivity index (χ2v) is 5.93. The van der Waals surface area contributed by atoms with Crippen LogP contribution in [0.4, 0.5) is 0 Å². The van der Waals surface area contributed by atoms with Crippen LogP contribution in [0.3, 0.4) is 0 Å². The molecule has 0 amide bonds. The molecule has 0 bridgehead atoms. The maximum absolute atomic E-state index is 6.16. The molecule has 2 aromatic rings. The first-order chi connectivity index (χ1) is 8.20. The largest absolute Gasteiger partial charge is 0.313 e. The number of pyridine rings is 1. The molecule has 0 aliphatic rings. The number of thiophene rings is 1. The van der Waals surface area contributed by atoms with Gasteiger partial charge in [-0.1, -0.05) is 29.3 Å². The van der Waals surface area contributed by atoms with Gasteiger partial charge in [-0.25, -0.2) is 0 Å². The Bertz CT molecular complexity index is 485. The van der Waals surface area contributed by atoms with E-state index < -0.39 is 0 Å². The van der Waals surface area contributed by atoms with E-state index in [4.69, 9.17) is 23.2 Å². The van der Waals surface area contributed by atoms with E-state index in [0.717, 1.165) is 22.0 Å². The summed E-state index contributed by atoms with van der Waals surface area (Å²) in [6.07, 6.45) is 2.59. The molecule has 17 heavy (non-hydrogen) atoms. The standard InChI is InChI=1S/C12H12Cl2N2S/c1-15-10(6-8-4-2-3-5-16-8)9-7-11(13)17-12(9)14/h2-5,7,10,15H,6H2,1H3. The molecule has 90 valence electrons. The molecule has 0 saturated heterocycles. The molecular weight excluding hydrogens is 275 g/mol. The van der Waals surface area contributed by atoms with E-state index in [1.807, 2.05) is 31.3 Å². The molecule has 1 atom stereocenters. The summed E-state index contributed by atoms with van der Waals surface area (Å²) in [4.78, 5) is 4.32. The number of hydrogen-bond acceptors (Lipinski definition) is 3.